The summed E-state index contributed by atoms with van der Waals surface area (Å²) in [5, 5.41) is 6.77. The number of fused-ring (bicyclic) bond motifs is 1. The van der Waals surface area contributed by atoms with Gasteiger partial charge in [-0.2, -0.15) is 18.3 Å². The number of nitrogens with one attached hydrogen (secondary N) is 1. The highest BCUT2D eigenvalue weighted by Gasteiger charge is 2.46. The molecule has 1 aromatic heterocycles. The maximum absolute atomic E-state index is 14.3. The summed E-state index contributed by atoms with van der Waals surface area (Å²) in [5.41, 5.74) is 0.620. The Balaban J connectivity index is 1.34. The molecule has 3 heterocycles. The van der Waals surface area contributed by atoms with Crippen molar-refractivity contribution in [2.45, 2.75) is 43.0 Å². The first-order valence-corrected chi connectivity index (χ1v) is 12.6. The SMILES string of the molecule is O=C1SC(Cc2ccc3c(cnn3Cc3ccc(Cl)cc3C(F)(F)F)c2)C(=O)N1[C@@H]1CCNC[C@H]1F. The standard InChI is InChI=1S/C24H21ClF4N4O2S/c25-16-3-2-14(17(9-16)24(27,28)29)12-32-19-4-1-13(7-15(19)10-31-32)8-21-22(34)33(23(35)36-21)20-5-6-30-11-18(20)26/h1-4,7,9-10,18,20-21,30H,5-6,8,11-12H2/t18-,20-,21?/m1/s1. The van der Waals surface area contributed by atoms with E-state index in [1.807, 2.05) is 0 Å². The lowest BCUT2D eigenvalue weighted by molar-refractivity contribution is -0.138. The summed E-state index contributed by atoms with van der Waals surface area (Å²) in [6.45, 7) is 0.548. The monoisotopic (exact) mass is 540 g/mol. The molecule has 0 bridgehead atoms. The maximum Gasteiger partial charge on any atom is 0.416 e. The second kappa shape index (κ2) is 9.68. The van der Waals surface area contributed by atoms with Crippen molar-refractivity contribution in [1.82, 2.24) is 20.0 Å². The molecule has 1 N–H and O–H groups in total. The predicted molar refractivity (Wildman–Crippen MR) is 129 cm³/mol. The van der Waals surface area contributed by atoms with Crippen LogP contribution in [0.3, 0.4) is 0 Å². The van der Waals surface area contributed by atoms with Crippen LogP contribution in [0.2, 0.25) is 5.02 Å². The summed E-state index contributed by atoms with van der Waals surface area (Å²) in [5.74, 6) is -0.391. The average Bonchev–Trinajstić information content (AvgIpc) is 3.34. The number of aromatic nitrogens is 2. The molecular weight excluding hydrogens is 520 g/mol. The molecule has 190 valence electrons. The molecule has 0 saturated carbocycles. The lowest BCUT2D eigenvalue weighted by Crippen LogP contribution is -2.53. The molecule has 3 aromatic rings. The van der Waals surface area contributed by atoms with Gasteiger partial charge >= 0.3 is 6.18 Å². The summed E-state index contributed by atoms with van der Waals surface area (Å²) in [6, 6.07) is 8.19. The molecule has 12 heteroatoms. The number of hydrogen-bond donors (Lipinski definition) is 1. The van der Waals surface area contributed by atoms with Crippen LogP contribution in [0.4, 0.5) is 22.4 Å². The van der Waals surface area contributed by atoms with E-state index in [0.29, 0.717) is 23.9 Å². The van der Waals surface area contributed by atoms with Crippen LogP contribution in [0.5, 0.6) is 0 Å². The number of alkyl halides is 4. The predicted octanol–water partition coefficient (Wildman–Crippen LogP) is 5.06. The van der Waals surface area contributed by atoms with Gasteiger partial charge in [-0.1, -0.05) is 35.5 Å². The Hall–Kier alpha value is -2.63. The van der Waals surface area contributed by atoms with Gasteiger partial charge in [0, 0.05) is 17.0 Å². The maximum atomic E-state index is 14.3. The minimum absolute atomic E-state index is 0.000365. The Kier molecular flexibility index (Phi) is 6.73. The Morgan fingerprint density at radius 2 is 1.97 bits per heavy atom. The number of piperidine rings is 1. The molecule has 2 saturated heterocycles. The molecule has 2 aliphatic heterocycles. The number of halogens is 5. The van der Waals surface area contributed by atoms with E-state index < -0.39 is 40.3 Å². The van der Waals surface area contributed by atoms with Gasteiger partial charge in [-0.3, -0.25) is 19.2 Å². The Morgan fingerprint density at radius 1 is 1.17 bits per heavy atom. The van der Waals surface area contributed by atoms with Gasteiger partial charge in [0.05, 0.1) is 35.1 Å². The van der Waals surface area contributed by atoms with E-state index >= 15 is 0 Å². The van der Waals surface area contributed by atoms with E-state index in [0.717, 1.165) is 28.3 Å². The number of carbonyl (C=O) groups excluding carboxylic acids is 2. The Morgan fingerprint density at radius 3 is 2.72 bits per heavy atom. The molecule has 5 rings (SSSR count). The topological polar surface area (TPSA) is 67.2 Å². The van der Waals surface area contributed by atoms with Crippen molar-refractivity contribution in [3.05, 3.63) is 64.3 Å². The van der Waals surface area contributed by atoms with Gasteiger partial charge < -0.3 is 5.32 Å². The third-order valence-corrected chi connectivity index (χ3v) is 7.77. The largest absolute Gasteiger partial charge is 0.416 e. The molecule has 2 fully saturated rings. The van der Waals surface area contributed by atoms with E-state index in [9.17, 15) is 27.2 Å². The third kappa shape index (κ3) is 4.83. The Labute approximate surface area is 213 Å². The summed E-state index contributed by atoms with van der Waals surface area (Å²) in [7, 11) is 0. The lowest BCUT2D eigenvalue weighted by atomic mass is 10.0. The zero-order chi connectivity index (χ0) is 25.6. The fourth-order valence-corrected chi connectivity index (χ4v) is 5.96. The number of nitrogens with zero attached hydrogens (tertiary/aromatic N) is 3. The van der Waals surface area contributed by atoms with Gasteiger partial charge in [0.2, 0.25) is 5.91 Å². The summed E-state index contributed by atoms with van der Waals surface area (Å²) < 4.78 is 56.2. The molecule has 0 aliphatic carbocycles. The molecule has 2 amide bonds. The van der Waals surface area contributed by atoms with Gasteiger partial charge in [-0.15, -0.1) is 0 Å². The molecular formula is C24H21ClF4N4O2S. The summed E-state index contributed by atoms with van der Waals surface area (Å²) in [6.07, 6.45) is -3.66. The van der Waals surface area contributed by atoms with E-state index in [1.54, 1.807) is 24.4 Å². The van der Waals surface area contributed by atoms with E-state index in [4.69, 9.17) is 11.6 Å². The van der Waals surface area contributed by atoms with E-state index in [-0.39, 0.29) is 30.1 Å². The van der Waals surface area contributed by atoms with Crippen LogP contribution < -0.4 is 5.32 Å². The fraction of sp³-hybridized carbons (Fsp3) is 0.375. The Bertz CT molecular complexity index is 1330. The van der Waals surface area contributed by atoms with Crippen LogP contribution in [-0.4, -0.2) is 56.4 Å². The van der Waals surface area contributed by atoms with Gasteiger partial charge in [0.1, 0.15) is 6.17 Å². The third-order valence-electron chi connectivity index (χ3n) is 6.48. The summed E-state index contributed by atoms with van der Waals surface area (Å²) >= 11 is 6.67. The minimum Gasteiger partial charge on any atom is -0.314 e. The van der Waals surface area contributed by atoms with Crippen molar-refractivity contribution in [1.29, 1.82) is 0 Å². The van der Waals surface area contributed by atoms with Crippen LogP contribution in [0.25, 0.3) is 10.9 Å². The van der Waals surface area contributed by atoms with Gasteiger partial charge in [0.25, 0.3) is 5.24 Å². The summed E-state index contributed by atoms with van der Waals surface area (Å²) in [4.78, 5) is 26.5. The molecule has 2 aliphatic rings. The van der Waals surface area contributed by atoms with Crippen molar-refractivity contribution in [3.8, 4) is 0 Å². The molecule has 1 unspecified atom stereocenters. The van der Waals surface area contributed by atoms with Crippen LogP contribution >= 0.6 is 23.4 Å². The highest BCUT2D eigenvalue weighted by atomic mass is 35.5. The molecule has 3 atom stereocenters. The van der Waals surface area contributed by atoms with Crippen LogP contribution in [-0.2, 0) is 23.9 Å². The first-order valence-electron chi connectivity index (χ1n) is 11.3. The minimum atomic E-state index is -4.55. The molecule has 0 spiro atoms. The normalized spacial score (nSPS) is 23.1. The highest BCUT2D eigenvalue weighted by Crippen LogP contribution is 2.36. The number of thioether (sulfide) groups is 1. The molecule has 36 heavy (non-hydrogen) atoms. The average molecular weight is 541 g/mol. The van der Waals surface area contributed by atoms with E-state index in [2.05, 4.69) is 10.4 Å². The van der Waals surface area contributed by atoms with Gasteiger partial charge in [-0.05, 0) is 54.8 Å². The van der Waals surface area contributed by atoms with Crippen molar-refractivity contribution < 1.29 is 27.2 Å². The van der Waals surface area contributed by atoms with Crippen LogP contribution in [0.1, 0.15) is 23.1 Å². The highest BCUT2D eigenvalue weighted by molar-refractivity contribution is 8.15. The number of hydrogen-bond acceptors (Lipinski definition) is 5. The first-order chi connectivity index (χ1) is 17.1. The molecule has 0 radical (unpaired) electrons. The quantitative estimate of drug-likeness (QED) is 0.458. The second-order valence-electron chi connectivity index (χ2n) is 8.86. The molecule has 6 nitrogen and oxygen atoms in total. The lowest BCUT2D eigenvalue weighted by Gasteiger charge is -2.32. The zero-order valence-corrected chi connectivity index (χ0v) is 20.3. The van der Waals surface area contributed by atoms with Crippen molar-refractivity contribution in [2.24, 2.45) is 0 Å². The zero-order valence-electron chi connectivity index (χ0n) is 18.8. The van der Waals surface area contributed by atoms with Crippen molar-refractivity contribution in [3.63, 3.8) is 0 Å². The second-order valence-corrected chi connectivity index (χ2v) is 10.4. The van der Waals surface area contributed by atoms with Crippen LogP contribution in [0.15, 0.2) is 42.6 Å². The van der Waals surface area contributed by atoms with Crippen molar-refractivity contribution >= 4 is 45.4 Å². The first kappa shape index (κ1) is 25.0. The number of imide groups is 1. The number of rotatable bonds is 5. The van der Waals surface area contributed by atoms with E-state index in [1.165, 1.54) is 16.8 Å². The number of carbonyl (C=O) groups is 2. The van der Waals surface area contributed by atoms with Crippen molar-refractivity contribution in [2.75, 3.05) is 13.1 Å². The number of amides is 2. The van der Waals surface area contributed by atoms with Crippen LogP contribution in [0, 0.1) is 0 Å². The van der Waals surface area contributed by atoms with Gasteiger partial charge in [-0.25, -0.2) is 4.39 Å². The smallest absolute Gasteiger partial charge is 0.314 e. The number of benzene rings is 2. The van der Waals surface area contributed by atoms with Gasteiger partial charge in [0.15, 0.2) is 0 Å². The molecule has 2 aromatic carbocycles. The fourth-order valence-electron chi connectivity index (χ4n) is 4.71.